The van der Waals surface area contributed by atoms with Crippen LogP contribution in [0.2, 0.25) is 10.0 Å². The first-order valence-electron chi connectivity index (χ1n) is 7.62. The van der Waals surface area contributed by atoms with Crippen LogP contribution in [0.1, 0.15) is 23.8 Å². The average Bonchev–Trinajstić information content (AvgIpc) is 3.16. The summed E-state index contributed by atoms with van der Waals surface area (Å²) in [5.74, 6) is 1.68. The molecule has 0 unspecified atom stereocenters. The Labute approximate surface area is 160 Å². The lowest BCUT2D eigenvalue weighted by Crippen LogP contribution is -1.94. The Balaban J connectivity index is 1.73. The summed E-state index contributed by atoms with van der Waals surface area (Å²) in [7, 11) is 2.00. The highest BCUT2D eigenvalue weighted by molar-refractivity contribution is 7.98. The van der Waals surface area contributed by atoms with Crippen LogP contribution in [-0.4, -0.2) is 14.8 Å². The molecular weight excluding hydrogens is 381 g/mol. The van der Waals surface area contributed by atoms with Crippen LogP contribution in [0.25, 0.3) is 11.4 Å². The van der Waals surface area contributed by atoms with Crippen molar-refractivity contribution in [1.29, 1.82) is 0 Å². The highest BCUT2D eigenvalue weighted by Gasteiger charge is 2.13. The van der Waals surface area contributed by atoms with Gasteiger partial charge in [-0.05, 0) is 30.2 Å². The molecule has 0 fully saturated rings. The summed E-state index contributed by atoms with van der Waals surface area (Å²) >= 11 is 15.4. The maximum atomic E-state index is 6.07. The fourth-order valence-electron chi connectivity index (χ4n) is 2.34. The molecule has 3 rings (SSSR count). The van der Waals surface area contributed by atoms with Crippen LogP contribution < -0.4 is 0 Å². The standard InChI is InChI=1S/C17H17Cl2N3S2/c1-3-4-13-8-12(10-23-13)16-20-21-17(22(16)2)24-9-11-5-6-14(18)15(19)7-11/h5-8,10H,3-4,9H2,1-2H3. The van der Waals surface area contributed by atoms with Gasteiger partial charge in [-0.3, -0.25) is 0 Å². The maximum absolute atomic E-state index is 6.07. The fraction of sp³-hybridized carbons (Fsp3) is 0.294. The van der Waals surface area contributed by atoms with Crippen LogP contribution >= 0.6 is 46.3 Å². The van der Waals surface area contributed by atoms with E-state index in [4.69, 9.17) is 23.2 Å². The van der Waals surface area contributed by atoms with E-state index in [9.17, 15) is 0 Å². The molecule has 0 atom stereocenters. The van der Waals surface area contributed by atoms with E-state index in [1.165, 1.54) is 4.88 Å². The molecule has 0 aliphatic rings. The van der Waals surface area contributed by atoms with Crippen molar-refractivity contribution in [3.05, 3.63) is 50.1 Å². The Morgan fingerprint density at radius 1 is 1.17 bits per heavy atom. The first-order chi connectivity index (χ1) is 11.6. The molecule has 1 aromatic carbocycles. The Kier molecular flexibility index (Phi) is 5.87. The predicted molar refractivity (Wildman–Crippen MR) is 104 cm³/mol. The smallest absolute Gasteiger partial charge is 0.191 e. The molecule has 2 heterocycles. The monoisotopic (exact) mass is 397 g/mol. The van der Waals surface area contributed by atoms with E-state index in [-0.39, 0.29) is 0 Å². The molecule has 0 saturated heterocycles. The second-order valence-corrected chi connectivity index (χ2v) is 8.21. The summed E-state index contributed by atoms with van der Waals surface area (Å²) in [4.78, 5) is 1.39. The predicted octanol–water partition coefficient (Wildman–Crippen LogP) is 6.10. The van der Waals surface area contributed by atoms with Gasteiger partial charge in [-0.2, -0.15) is 0 Å². The molecule has 24 heavy (non-hydrogen) atoms. The molecule has 0 spiro atoms. The van der Waals surface area contributed by atoms with Crippen LogP contribution in [0.15, 0.2) is 34.8 Å². The van der Waals surface area contributed by atoms with E-state index in [0.29, 0.717) is 10.0 Å². The van der Waals surface area contributed by atoms with Crippen molar-refractivity contribution in [2.45, 2.75) is 30.7 Å². The summed E-state index contributed by atoms with van der Waals surface area (Å²) in [6.07, 6.45) is 2.27. The number of thiophene rings is 1. The summed E-state index contributed by atoms with van der Waals surface area (Å²) in [5, 5.41) is 12.9. The minimum atomic E-state index is 0.576. The first-order valence-corrected chi connectivity index (χ1v) is 10.2. The van der Waals surface area contributed by atoms with Crippen molar-refractivity contribution in [2.75, 3.05) is 0 Å². The van der Waals surface area contributed by atoms with Gasteiger partial charge in [0, 0.05) is 28.6 Å². The molecule has 0 aliphatic carbocycles. The molecular formula is C17H17Cl2N3S2. The van der Waals surface area contributed by atoms with Gasteiger partial charge in [-0.1, -0.05) is 54.4 Å². The van der Waals surface area contributed by atoms with Crippen molar-refractivity contribution in [3.8, 4) is 11.4 Å². The number of nitrogens with zero attached hydrogens (tertiary/aromatic N) is 3. The molecule has 7 heteroatoms. The van der Waals surface area contributed by atoms with Gasteiger partial charge in [0.05, 0.1) is 10.0 Å². The Morgan fingerprint density at radius 2 is 2.00 bits per heavy atom. The normalized spacial score (nSPS) is 11.2. The topological polar surface area (TPSA) is 30.7 Å². The number of halogens is 2. The lowest BCUT2D eigenvalue weighted by atomic mass is 10.2. The molecule has 0 bridgehead atoms. The lowest BCUT2D eigenvalue weighted by Gasteiger charge is -2.04. The van der Waals surface area contributed by atoms with Crippen LogP contribution in [-0.2, 0) is 19.2 Å². The zero-order chi connectivity index (χ0) is 17.1. The van der Waals surface area contributed by atoms with Crippen LogP contribution in [0.3, 0.4) is 0 Å². The Bertz CT molecular complexity index is 842. The fourth-order valence-corrected chi connectivity index (χ4v) is 4.49. The molecule has 2 aromatic heterocycles. The molecule has 3 nitrogen and oxygen atoms in total. The number of aromatic nitrogens is 3. The third kappa shape index (κ3) is 3.97. The van der Waals surface area contributed by atoms with Crippen molar-refractivity contribution in [1.82, 2.24) is 14.8 Å². The molecule has 0 radical (unpaired) electrons. The van der Waals surface area contributed by atoms with Crippen LogP contribution in [0.4, 0.5) is 0 Å². The summed E-state index contributed by atoms with van der Waals surface area (Å²) in [6.45, 7) is 2.19. The quantitative estimate of drug-likeness (QED) is 0.471. The number of thioether (sulfide) groups is 1. The van der Waals surface area contributed by atoms with Crippen LogP contribution in [0.5, 0.6) is 0 Å². The zero-order valence-electron chi connectivity index (χ0n) is 13.4. The largest absolute Gasteiger partial charge is 0.305 e. The van der Waals surface area contributed by atoms with Crippen LogP contribution in [0, 0.1) is 0 Å². The van der Waals surface area contributed by atoms with Crippen molar-refractivity contribution < 1.29 is 0 Å². The van der Waals surface area contributed by atoms with E-state index in [2.05, 4.69) is 28.6 Å². The van der Waals surface area contributed by atoms with E-state index in [1.54, 1.807) is 23.1 Å². The number of hydrogen-bond donors (Lipinski definition) is 0. The van der Waals surface area contributed by atoms with Gasteiger partial charge in [0.25, 0.3) is 0 Å². The molecule has 3 aromatic rings. The van der Waals surface area contributed by atoms with Gasteiger partial charge in [0.15, 0.2) is 11.0 Å². The molecule has 126 valence electrons. The van der Waals surface area contributed by atoms with Crippen molar-refractivity contribution in [3.63, 3.8) is 0 Å². The van der Waals surface area contributed by atoms with E-state index in [0.717, 1.165) is 40.7 Å². The minimum absolute atomic E-state index is 0.576. The highest BCUT2D eigenvalue weighted by atomic mass is 35.5. The second kappa shape index (κ2) is 7.91. The number of benzene rings is 1. The van der Waals surface area contributed by atoms with Gasteiger partial charge in [0.2, 0.25) is 0 Å². The molecule has 0 saturated carbocycles. The first kappa shape index (κ1) is 17.8. The number of hydrogen-bond acceptors (Lipinski definition) is 4. The zero-order valence-corrected chi connectivity index (χ0v) is 16.6. The number of aryl methyl sites for hydroxylation is 1. The van der Waals surface area contributed by atoms with Gasteiger partial charge in [0.1, 0.15) is 0 Å². The molecule has 0 amide bonds. The van der Waals surface area contributed by atoms with Gasteiger partial charge in [-0.15, -0.1) is 21.5 Å². The summed E-state index contributed by atoms with van der Waals surface area (Å²) in [5.41, 5.74) is 2.25. The van der Waals surface area contributed by atoms with E-state index >= 15 is 0 Å². The minimum Gasteiger partial charge on any atom is -0.305 e. The summed E-state index contributed by atoms with van der Waals surface area (Å²) in [6, 6.07) is 7.91. The Morgan fingerprint density at radius 3 is 2.75 bits per heavy atom. The number of rotatable bonds is 6. The van der Waals surface area contributed by atoms with Gasteiger partial charge >= 0.3 is 0 Å². The van der Waals surface area contributed by atoms with E-state index in [1.807, 2.05) is 29.8 Å². The molecule has 0 aliphatic heterocycles. The van der Waals surface area contributed by atoms with E-state index < -0.39 is 0 Å². The average molecular weight is 398 g/mol. The summed E-state index contributed by atoms with van der Waals surface area (Å²) < 4.78 is 2.04. The van der Waals surface area contributed by atoms with Gasteiger partial charge < -0.3 is 4.57 Å². The van der Waals surface area contributed by atoms with Crippen molar-refractivity contribution >= 4 is 46.3 Å². The van der Waals surface area contributed by atoms with Gasteiger partial charge in [-0.25, -0.2) is 0 Å². The second-order valence-electron chi connectivity index (χ2n) is 5.45. The third-order valence-electron chi connectivity index (χ3n) is 3.60. The highest BCUT2D eigenvalue weighted by Crippen LogP contribution is 2.30. The lowest BCUT2D eigenvalue weighted by molar-refractivity contribution is 0.794. The molecule has 0 N–H and O–H groups in total. The van der Waals surface area contributed by atoms with Crippen molar-refractivity contribution in [2.24, 2.45) is 7.05 Å². The Hall–Kier alpha value is -1.01. The maximum Gasteiger partial charge on any atom is 0.191 e. The third-order valence-corrected chi connectivity index (χ3v) is 6.42. The SMILES string of the molecule is CCCc1cc(-c2nnc(SCc3ccc(Cl)c(Cl)c3)n2C)cs1.